The summed E-state index contributed by atoms with van der Waals surface area (Å²) in [5, 5.41) is 12.7. The fourth-order valence-electron chi connectivity index (χ4n) is 3.30. The maximum Gasteiger partial charge on any atom is 0.416 e. The lowest BCUT2D eigenvalue weighted by Gasteiger charge is -2.33. The highest BCUT2D eigenvalue weighted by molar-refractivity contribution is 7.99. The van der Waals surface area contributed by atoms with Gasteiger partial charge in [0, 0.05) is 17.2 Å². The van der Waals surface area contributed by atoms with Crippen molar-refractivity contribution >= 4 is 30.1 Å². The van der Waals surface area contributed by atoms with Crippen LogP contribution in [0.2, 0.25) is 0 Å². The van der Waals surface area contributed by atoms with Crippen molar-refractivity contribution in [1.82, 2.24) is 15.3 Å². The summed E-state index contributed by atoms with van der Waals surface area (Å²) in [5.74, 6) is -0.239. The van der Waals surface area contributed by atoms with Crippen LogP contribution in [0.3, 0.4) is 0 Å². The normalized spacial score (nSPS) is 16.5. The number of hydrogen-bond donors (Lipinski definition) is 2. The zero-order valence-electron chi connectivity index (χ0n) is 17.8. The molecule has 2 N–H and O–H groups in total. The van der Waals surface area contributed by atoms with Gasteiger partial charge >= 0.3 is 12.2 Å². The quantitative estimate of drug-likeness (QED) is 0.196. The first-order chi connectivity index (χ1) is 15.4. The van der Waals surface area contributed by atoms with Crippen LogP contribution in [0, 0.1) is 0 Å². The van der Waals surface area contributed by atoms with E-state index in [1.807, 2.05) is 0 Å². The first-order valence-electron chi connectivity index (χ1n) is 9.89. The van der Waals surface area contributed by atoms with Crippen molar-refractivity contribution < 1.29 is 32.8 Å². The fourth-order valence-corrected chi connectivity index (χ4v) is 4.27. The number of hydroxylamine groups is 2. The average Bonchev–Trinajstić information content (AvgIpc) is 2.97. The van der Waals surface area contributed by atoms with Crippen molar-refractivity contribution in [1.29, 1.82) is 0 Å². The number of alkyl halides is 3. The number of urea groups is 1. The standard InChI is InChI=1S/C22H22F3N3O4S/c1-21(2)19(30)26-20(31)27(21)11-17(28(32)13-29)12-33-18-9-5-15(6-10-18)14-3-7-16(8-4-14)22(23,24)25/h3-10,13,17,32H,11-12H2,1-2H3,(H,26,30,31). The molecule has 0 radical (unpaired) electrons. The predicted molar refractivity (Wildman–Crippen MR) is 115 cm³/mol. The second-order valence-electron chi connectivity index (χ2n) is 7.98. The molecule has 0 spiro atoms. The number of nitrogens with one attached hydrogen (secondary N) is 1. The minimum absolute atomic E-state index is 0.0591. The number of rotatable bonds is 8. The first-order valence-corrected chi connectivity index (χ1v) is 10.9. The Labute approximate surface area is 192 Å². The SMILES string of the molecule is CC1(C)C(=O)NC(=O)N1CC(CSc1ccc(-c2ccc(C(F)(F)F)cc2)cc1)N(O)C=O. The molecular weight excluding hydrogens is 459 g/mol. The molecule has 1 unspecified atom stereocenters. The zero-order chi connectivity index (χ0) is 24.4. The molecule has 1 atom stereocenters. The molecule has 4 amide bonds. The molecule has 7 nitrogen and oxygen atoms in total. The van der Waals surface area contributed by atoms with Gasteiger partial charge in [-0.25, -0.2) is 9.86 Å². The fraction of sp³-hybridized carbons (Fsp3) is 0.318. The molecule has 11 heteroatoms. The number of nitrogens with zero attached hydrogens (tertiary/aromatic N) is 2. The summed E-state index contributed by atoms with van der Waals surface area (Å²) in [6.07, 6.45) is -4.16. The topological polar surface area (TPSA) is 90.0 Å². The smallest absolute Gasteiger partial charge is 0.308 e. The van der Waals surface area contributed by atoms with Gasteiger partial charge in [0.15, 0.2) is 0 Å². The highest BCUT2D eigenvalue weighted by atomic mass is 32.2. The van der Waals surface area contributed by atoms with E-state index < -0.39 is 35.3 Å². The second kappa shape index (κ2) is 9.44. The van der Waals surface area contributed by atoms with E-state index in [1.54, 1.807) is 38.1 Å². The summed E-state index contributed by atoms with van der Waals surface area (Å²) in [6, 6.07) is 10.5. The van der Waals surface area contributed by atoms with Crippen LogP contribution in [0.1, 0.15) is 19.4 Å². The Morgan fingerprint density at radius 2 is 1.64 bits per heavy atom. The minimum Gasteiger partial charge on any atom is -0.308 e. The lowest BCUT2D eigenvalue weighted by molar-refractivity contribution is -0.159. The second-order valence-corrected chi connectivity index (χ2v) is 9.07. The van der Waals surface area contributed by atoms with Crippen LogP contribution >= 0.6 is 11.8 Å². The monoisotopic (exact) mass is 481 g/mol. The van der Waals surface area contributed by atoms with E-state index in [2.05, 4.69) is 5.32 Å². The van der Waals surface area contributed by atoms with Gasteiger partial charge in [0.05, 0.1) is 11.6 Å². The number of imide groups is 1. The third-order valence-corrected chi connectivity index (χ3v) is 6.57. The third-order valence-electron chi connectivity index (χ3n) is 5.41. The van der Waals surface area contributed by atoms with Gasteiger partial charge < -0.3 is 4.90 Å². The zero-order valence-corrected chi connectivity index (χ0v) is 18.6. The molecule has 176 valence electrons. The molecule has 2 aromatic carbocycles. The van der Waals surface area contributed by atoms with E-state index in [1.165, 1.54) is 28.8 Å². The molecule has 33 heavy (non-hydrogen) atoms. The summed E-state index contributed by atoms with van der Waals surface area (Å²) >= 11 is 1.31. The van der Waals surface area contributed by atoms with Crippen molar-refractivity contribution in [3.63, 3.8) is 0 Å². The summed E-state index contributed by atoms with van der Waals surface area (Å²) in [6.45, 7) is 3.08. The molecule has 1 heterocycles. The van der Waals surface area contributed by atoms with Gasteiger partial charge in [-0.3, -0.25) is 20.1 Å². The number of halogens is 3. The van der Waals surface area contributed by atoms with Crippen LogP contribution in [-0.2, 0) is 15.8 Å². The number of benzene rings is 2. The van der Waals surface area contributed by atoms with Gasteiger partial charge in [0.25, 0.3) is 5.91 Å². The van der Waals surface area contributed by atoms with E-state index in [0.717, 1.165) is 22.6 Å². The van der Waals surface area contributed by atoms with Gasteiger partial charge in [-0.1, -0.05) is 24.3 Å². The molecular formula is C22H22F3N3O4S. The van der Waals surface area contributed by atoms with E-state index in [9.17, 15) is 32.8 Å². The molecule has 2 aromatic rings. The number of thioether (sulfide) groups is 1. The first kappa shape index (κ1) is 24.6. The molecule has 0 aliphatic carbocycles. The highest BCUT2D eigenvalue weighted by Gasteiger charge is 2.46. The predicted octanol–water partition coefficient (Wildman–Crippen LogP) is 4.01. The van der Waals surface area contributed by atoms with Gasteiger partial charge in [-0.15, -0.1) is 11.8 Å². The Balaban J connectivity index is 1.67. The van der Waals surface area contributed by atoms with Gasteiger partial charge in [0.2, 0.25) is 6.41 Å². The van der Waals surface area contributed by atoms with Crippen molar-refractivity contribution in [2.45, 2.75) is 36.5 Å². The average molecular weight is 481 g/mol. The Morgan fingerprint density at radius 3 is 2.09 bits per heavy atom. The summed E-state index contributed by atoms with van der Waals surface area (Å²) in [7, 11) is 0. The Kier molecular flexibility index (Phi) is 7.03. The van der Waals surface area contributed by atoms with Crippen molar-refractivity contribution in [3.8, 4) is 11.1 Å². The maximum absolute atomic E-state index is 12.7. The Bertz CT molecular complexity index is 1030. The van der Waals surface area contributed by atoms with Crippen molar-refractivity contribution in [2.24, 2.45) is 0 Å². The molecule has 1 saturated heterocycles. The van der Waals surface area contributed by atoms with Gasteiger partial charge in [-0.05, 0) is 49.2 Å². The van der Waals surface area contributed by atoms with Crippen LogP contribution < -0.4 is 5.32 Å². The molecule has 1 fully saturated rings. The molecule has 0 saturated carbocycles. The summed E-state index contributed by atoms with van der Waals surface area (Å²) in [4.78, 5) is 37.2. The largest absolute Gasteiger partial charge is 0.416 e. The van der Waals surface area contributed by atoms with Crippen LogP contribution in [0.4, 0.5) is 18.0 Å². The summed E-state index contributed by atoms with van der Waals surface area (Å²) < 4.78 is 38.2. The lowest BCUT2D eigenvalue weighted by atomic mass is 10.0. The van der Waals surface area contributed by atoms with Gasteiger partial charge in [0.1, 0.15) is 5.54 Å². The third kappa shape index (κ3) is 5.48. The summed E-state index contributed by atoms with van der Waals surface area (Å²) in [5.41, 5.74) is -0.473. The van der Waals surface area contributed by atoms with Crippen LogP contribution in [-0.4, -0.2) is 57.4 Å². The van der Waals surface area contributed by atoms with E-state index in [4.69, 9.17) is 0 Å². The Hall–Kier alpha value is -3.05. The van der Waals surface area contributed by atoms with Gasteiger partial charge in [-0.2, -0.15) is 13.2 Å². The Morgan fingerprint density at radius 1 is 1.09 bits per heavy atom. The lowest BCUT2D eigenvalue weighted by Crippen LogP contribution is -2.51. The molecule has 1 aliphatic rings. The minimum atomic E-state index is -4.39. The van der Waals surface area contributed by atoms with E-state index >= 15 is 0 Å². The van der Waals surface area contributed by atoms with Crippen LogP contribution in [0.25, 0.3) is 11.1 Å². The van der Waals surface area contributed by atoms with Crippen LogP contribution in [0.15, 0.2) is 53.4 Å². The van der Waals surface area contributed by atoms with Crippen LogP contribution in [0.5, 0.6) is 0 Å². The number of hydrogen-bond acceptors (Lipinski definition) is 5. The number of carbonyl (C=O) groups excluding carboxylic acids is 3. The molecule has 3 rings (SSSR count). The number of amides is 4. The maximum atomic E-state index is 12.7. The molecule has 0 aromatic heterocycles. The molecule has 0 bridgehead atoms. The highest BCUT2D eigenvalue weighted by Crippen LogP contribution is 2.32. The van der Waals surface area contributed by atoms with Crippen molar-refractivity contribution in [3.05, 3.63) is 54.1 Å². The van der Waals surface area contributed by atoms with E-state index in [0.29, 0.717) is 10.6 Å². The number of carbonyl (C=O) groups is 3. The molecule has 1 aliphatic heterocycles. The van der Waals surface area contributed by atoms with Crippen molar-refractivity contribution in [2.75, 3.05) is 12.3 Å². The van der Waals surface area contributed by atoms with E-state index in [-0.39, 0.29) is 18.7 Å².